The van der Waals surface area contributed by atoms with Crippen LogP contribution in [0.25, 0.3) is 10.8 Å². The van der Waals surface area contributed by atoms with Crippen LogP contribution in [0.4, 0.5) is 0 Å². The molecule has 3 rings (SSSR count). The van der Waals surface area contributed by atoms with Gasteiger partial charge in [0.15, 0.2) is 0 Å². The van der Waals surface area contributed by atoms with Crippen molar-refractivity contribution in [2.24, 2.45) is 5.73 Å². The molecule has 2 N–H and O–H groups in total. The molecule has 0 saturated heterocycles. The van der Waals surface area contributed by atoms with Gasteiger partial charge in [0.05, 0.1) is 6.07 Å². The monoisotopic (exact) mass is 222 g/mol. The summed E-state index contributed by atoms with van der Waals surface area (Å²) in [5.74, 6) is 0. The molecule has 1 aliphatic carbocycles. The fraction of sp³-hybridized carbons (Fsp3) is 0.267. The fourth-order valence-electron chi connectivity index (χ4n) is 2.68. The van der Waals surface area contributed by atoms with Crippen LogP contribution >= 0.6 is 0 Å². The lowest BCUT2D eigenvalue weighted by Gasteiger charge is -2.29. The zero-order valence-corrected chi connectivity index (χ0v) is 9.61. The molecule has 2 aromatic carbocycles. The van der Waals surface area contributed by atoms with Crippen LogP contribution in [-0.2, 0) is 12.8 Å². The number of fused-ring (bicyclic) bond motifs is 3. The SMILES string of the molecule is N#CC1(N)CCc2ccc3ccccc3c2C1. The van der Waals surface area contributed by atoms with Crippen LogP contribution < -0.4 is 5.73 Å². The van der Waals surface area contributed by atoms with Crippen LogP contribution in [0.1, 0.15) is 17.5 Å². The zero-order valence-electron chi connectivity index (χ0n) is 9.61. The number of hydrogen-bond donors (Lipinski definition) is 1. The number of rotatable bonds is 0. The molecule has 0 heterocycles. The van der Waals surface area contributed by atoms with E-state index in [1.165, 1.54) is 21.9 Å². The van der Waals surface area contributed by atoms with E-state index in [9.17, 15) is 5.26 Å². The van der Waals surface area contributed by atoms with Gasteiger partial charge in [0.2, 0.25) is 0 Å². The summed E-state index contributed by atoms with van der Waals surface area (Å²) in [5.41, 5.74) is 8.03. The quantitative estimate of drug-likeness (QED) is 0.744. The molecule has 0 aliphatic heterocycles. The summed E-state index contributed by atoms with van der Waals surface area (Å²) in [6, 6.07) is 14.9. The minimum atomic E-state index is -0.683. The van der Waals surface area contributed by atoms with E-state index in [0.29, 0.717) is 6.42 Å². The molecule has 0 radical (unpaired) electrons. The summed E-state index contributed by atoms with van der Waals surface area (Å²) in [6.45, 7) is 0. The van der Waals surface area contributed by atoms with Crippen molar-refractivity contribution in [2.75, 3.05) is 0 Å². The molecule has 84 valence electrons. The number of nitrogens with zero attached hydrogens (tertiary/aromatic N) is 1. The zero-order chi connectivity index (χ0) is 11.9. The maximum atomic E-state index is 9.17. The third-order valence-electron chi connectivity index (χ3n) is 3.69. The molecule has 1 atom stereocenters. The second kappa shape index (κ2) is 3.58. The Labute approximate surface area is 101 Å². The van der Waals surface area contributed by atoms with Crippen molar-refractivity contribution in [1.82, 2.24) is 0 Å². The van der Waals surface area contributed by atoms with Crippen LogP contribution in [0.3, 0.4) is 0 Å². The highest BCUT2D eigenvalue weighted by atomic mass is 14.7. The van der Waals surface area contributed by atoms with Gasteiger partial charge < -0.3 is 5.73 Å². The highest BCUT2D eigenvalue weighted by molar-refractivity contribution is 5.87. The normalized spacial score (nSPS) is 23.1. The van der Waals surface area contributed by atoms with Gasteiger partial charge in [-0.3, -0.25) is 0 Å². The van der Waals surface area contributed by atoms with Gasteiger partial charge in [-0.15, -0.1) is 0 Å². The van der Waals surface area contributed by atoms with Crippen molar-refractivity contribution >= 4 is 10.8 Å². The molecule has 1 aliphatic rings. The Morgan fingerprint density at radius 1 is 1.18 bits per heavy atom. The molecule has 0 fully saturated rings. The van der Waals surface area contributed by atoms with Crippen LogP contribution in [0.15, 0.2) is 36.4 Å². The fourth-order valence-corrected chi connectivity index (χ4v) is 2.68. The van der Waals surface area contributed by atoms with Gasteiger partial charge in [-0.25, -0.2) is 0 Å². The number of nitriles is 1. The molecule has 2 nitrogen and oxygen atoms in total. The van der Waals surface area contributed by atoms with E-state index in [4.69, 9.17) is 5.73 Å². The lowest BCUT2D eigenvalue weighted by molar-refractivity contribution is 0.472. The Hall–Kier alpha value is -1.85. The van der Waals surface area contributed by atoms with Gasteiger partial charge in [0, 0.05) is 6.42 Å². The van der Waals surface area contributed by atoms with E-state index in [1.54, 1.807) is 0 Å². The van der Waals surface area contributed by atoms with Crippen LogP contribution in [0, 0.1) is 11.3 Å². The summed E-state index contributed by atoms with van der Waals surface area (Å²) >= 11 is 0. The highest BCUT2D eigenvalue weighted by Gasteiger charge is 2.31. The maximum Gasteiger partial charge on any atom is 0.108 e. The van der Waals surface area contributed by atoms with Crippen LogP contribution in [0.2, 0.25) is 0 Å². The van der Waals surface area contributed by atoms with Crippen molar-refractivity contribution in [3.05, 3.63) is 47.5 Å². The summed E-state index contributed by atoms with van der Waals surface area (Å²) in [5, 5.41) is 11.6. The van der Waals surface area contributed by atoms with Crippen molar-refractivity contribution in [1.29, 1.82) is 5.26 Å². The predicted molar refractivity (Wildman–Crippen MR) is 68.5 cm³/mol. The van der Waals surface area contributed by atoms with Crippen molar-refractivity contribution in [2.45, 2.75) is 24.8 Å². The molecule has 2 heteroatoms. The average molecular weight is 222 g/mol. The Kier molecular flexibility index (Phi) is 2.17. The Morgan fingerprint density at radius 2 is 2.00 bits per heavy atom. The molecular weight excluding hydrogens is 208 g/mol. The first kappa shape index (κ1) is 10.3. The minimum Gasteiger partial charge on any atom is -0.313 e. The first-order chi connectivity index (χ1) is 8.22. The van der Waals surface area contributed by atoms with Gasteiger partial charge in [0.25, 0.3) is 0 Å². The Morgan fingerprint density at radius 3 is 2.82 bits per heavy atom. The van der Waals surface area contributed by atoms with E-state index in [-0.39, 0.29) is 0 Å². The summed E-state index contributed by atoms with van der Waals surface area (Å²) in [7, 11) is 0. The van der Waals surface area contributed by atoms with Gasteiger partial charge in [-0.1, -0.05) is 36.4 Å². The summed E-state index contributed by atoms with van der Waals surface area (Å²) < 4.78 is 0. The summed E-state index contributed by atoms with van der Waals surface area (Å²) in [6.07, 6.45) is 2.33. The smallest absolute Gasteiger partial charge is 0.108 e. The molecule has 17 heavy (non-hydrogen) atoms. The van der Waals surface area contributed by atoms with Gasteiger partial charge in [-0.2, -0.15) is 5.26 Å². The van der Waals surface area contributed by atoms with Gasteiger partial charge in [0.1, 0.15) is 5.54 Å². The second-order valence-corrected chi connectivity index (χ2v) is 4.87. The standard InChI is InChI=1S/C15H14N2/c16-10-15(17)8-7-12-6-5-11-3-1-2-4-13(11)14(12)9-15/h1-6H,7-9,17H2. The first-order valence-electron chi connectivity index (χ1n) is 5.91. The van der Waals surface area contributed by atoms with Crippen LogP contribution in [0.5, 0.6) is 0 Å². The van der Waals surface area contributed by atoms with E-state index in [2.05, 4.69) is 30.3 Å². The largest absolute Gasteiger partial charge is 0.313 e. The number of hydrogen-bond acceptors (Lipinski definition) is 2. The molecule has 0 bridgehead atoms. The highest BCUT2D eigenvalue weighted by Crippen LogP contribution is 2.32. The lowest BCUT2D eigenvalue weighted by atomic mass is 9.78. The van der Waals surface area contributed by atoms with E-state index in [1.807, 2.05) is 12.1 Å². The number of nitrogens with two attached hydrogens (primary N) is 1. The van der Waals surface area contributed by atoms with E-state index in [0.717, 1.165) is 12.8 Å². The first-order valence-corrected chi connectivity index (χ1v) is 5.91. The van der Waals surface area contributed by atoms with Crippen molar-refractivity contribution in [3.63, 3.8) is 0 Å². The predicted octanol–water partition coefficient (Wildman–Crippen LogP) is 2.55. The van der Waals surface area contributed by atoms with E-state index >= 15 is 0 Å². The number of benzene rings is 2. The Balaban J connectivity index is 2.23. The molecule has 1 unspecified atom stereocenters. The molecule has 0 aromatic heterocycles. The third kappa shape index (κ3) is 1.60. The molecule has 2 aromatic rings. The molecule has 0 spiro atoms. The lowest BCUT2D eigenvalue weighted by Crippen LogP contribution is -2.43. The molecular formula is C15H14N2. The van der Waals surface area contributed by atoms with Crippen molar-refractivity contribution in [3.8, 4) is 6.07 Å². The van der Waals surface area contributed by atoms with Gasteiger partial charge >= 0.3 is 0 Å². The topological polar surface area (TPSA) is 49.8 Å². The summed E-state index contributed by atoms with van der Waals surface area (Å²) in [4.78, 5) is 0. The third-order valence-corrected chi connectivity index (χ3v) is 3.69. The van der Waals surface area contributed by atoms with Gasteiger partial charge in [-0.05, 0) is 34.7 Å². The maximum absolute atomic E-state index is 9.17. The second-order valence-electron chi connectivity index (χ2n) is 4.87. The number of aryl methyl sites for hydroxylation is 1. The molecule has 0 amide bonds. The molecule has 0 saturated carbocycles. The van der Waals surface area contributed by atoms with Crippen molar-refractivity contribution < 1.29 is 0 Å². The van der Waals surface area contributed by atoms with E-state index < -0.39 is 5.54 Å². The average Bonchev–Trinajstić information content (AvgIpc) is 2.39. The van der Waals surface area contributed by atoms with Crippen LogP contribution in [-0.4, -0.2) is 5.54 Å². The Bertz CT molecular complexity index is 624. The minimum absolute atomic E-state index is 0.667.